The molecule has 0 amide bonds. The Labute approximate surface area is 125 Å². The van der Waals surface area contributed by atoms with Crippen LogP contribution in [0.5, 0.6) is 0 Å². The third-order valence-electron chi connectivity index (χ3n) is 3.79. The van der Waals surface area contributed by atoms with Crippen molar-refractivity contribution in [2.45, 2.75) is 25.9 Å². The van der Waals surface area contributed by atoms with Gasteiger partial charge >= 0.3 is 0 Å². The normalized spacial score (nSPS) is 16.1. The number of benzene rings is 1. The molecule has 4 nitrogen and oxygen atoms in total. The molecule has 1 aromatic heterocycles. The molecule has 0 saturated heterocycles. The van der Waals surface area contributed by atoms with Crippen molar-refractivity contribution in [2.24, 2.45) is 5.92 Å². The number of rotatable bonds is 7. The molecule has 1 atom stereocenters. The summed E-state index contributed by atoms with van der Waals surface area (Å²) in [5, 5.41) is 14.4. The van der Waals surface area contributed by atoms with Crippen molar-refractivity contribution in [3.8, 4) is 0 Å². The van der Waals surface area contributed by atoms with E-state index < -0.39 is 6.10 Å². The first kappa shape index (κ1) is 14.3. The van der Waals surface area contributed by atoms with E-state index in [0.29, 0.717) is 13.2 Å². The molecule has 1 aliphatic rings. The van der Waals surface area contributed by atoms with Crippen LogP contribution in [-0.4, -0.2) is 36.0 Å². The molecule has 0 aliphatic heterocycles. The van der Waals surface area contributed by atoms with E-state index in [1.807, 2.05) is 12.1 Å². The summed E-state index contributed by atoms with van der Waals surface area (Å²) in [7, 11) is 0. The standard InChI is InChI=1S/C17H22N2O2/c1-12-2-5-16-15(8-12)17(6-7-18-16)19-9-14(20)11-21-10-13-3-4-13/h2,5-8,13-14,20H,3-4,9-11H2,1H3,(H,18,19). The monoisotopic (exact) mass is 286 g/mol. The molecule has 4 heteroatoms. The van der Waals surface area contributed by atoms with E-state index in [1.165, 1.54) is 18.4 Å². The number of nitrogens with one attached hydrogen (secondary N) is 1. The molecule has 1 unspecified atom stereocenters. The lowest BCUT2D eigenvalue weighted by molar-refractivity contribution is 0.0386. The van der Waals surface area contributed by atoms with Gasteiger partial charge in [0.2, 0.25) is 0 Å². The van der Waals surface area contributed by atoms with Crippen LogP contribution in [0.1, 0.15) is 18.4 Å². The van der Waals surface area contributed by atoms with Gasteiger partial charge in [0.05, 0.1) is 18.2 Å². The van der Waals surface area contributed by atoms with E-state index in [4.69, 9.17) is 4.74 Å². The third-order valence-corrected chi connectivity index (χ3v) is 3.79. The van der Waals surface area contributed by atoms with E-state index in [-0.39, 0.29) is 0 Å². The Balaban J connectivity index is 1.57. The van der Waals surface area contributed by atoms with E-state index in [9.17, 15) is 5.11 Å². The molecule has 0 spiro atoms. The Morgan fingerprint density at radius 2 is 2.24 bits per heavy atom. The second kappa shape index (κ2) is 6.41. The van der Waals surface area contributed by atoms with E-state index in [1.54, 1.807) is 6.20 Å². The zero-order chi connectivity index (χ0) is 14.7. The van der Waals surface area contributed by atoms with E-state index in [0.717, 1.165) is 29.1 Å². The van der Waals surface area contributed by atoms with Crippen molar-refractivity contribution >= 4 is 16.6 Å². The first-order valence-electron chi connectivity index (χ1n) is 7.57. The fourth-order valence-corrected chi connectivity index (χ4v) is 2.36. The lowest BCUT2D eigenvalue weighted by Gasteiger charge is -2.14. The summed E-state index contributed by atoms with van der Waals surface area (Å²) in [4.78, 5) is 4.36. The first-order chi connectivity index (χ1) is 10.2. The Bertz CT molecular complexity index is 611. The lowest BCUT2D eigenvalue weighted by Crippen LogP contribution is -2.25. The van der Waals surface area contributed by atoms with Gasteiger partial charge in [-0.3, -0.25) is 4.98 Å². The van der Waals surface area contributed by atoms with Gasteiger partial charge in [-0.05, 0) is 43.9 Å². The zero-order valence-corrected chi connectivity index (χ0v) is 12.4. The van der Waals surface area contributed by atoms with Crippen LogP contribution in [0.25, 0.3) is 10.9 Å². The van der Waals surface area contributed by atoms with Gasteiger partial charge < -0.3 is 15.2 Å². The van der Waals surface area contributed by atoms with Crippen molar-refractivity contribution in [1.82, 2.24) is 4.98 Å². The maximum Gasteiger partial charge on any atom is 0.0945 e. The number of pyridine rings is 1. The van der Waals surface area contributed by atoms with Crippen LogP contribution < -0.4 is 5.32 Å². The number of aryl methyl sites for hydroxylation is 1. The second-order valence-corrected chi connectivity index (χ2v) is 5.89. The number of fused-ring (bicyclic) bond motifs is 1. The number of hydrogen-bond donors (Lipinski definition) is 2. The van der Waals surface area contributed by atoms with Gasteiger partial charge in [-0.25, -0.2) is 0 Å². The predicted octanol–water partition coefficient (Wildman–Crippen LogP) is 2.74. The van der Waals surface area contributed by atoms with Gasteiger partial charge in [-0.15, -0.1) is 0 Å². The largest absolute Gasteiger partial charge is 0.389 e. The van der Waals surface area contributed by atoms with Gasteiger partial charge in [0, 0.05) is 30.4 Å². The van der Waals surface area contributed by atoms with Crippen LogP contribution in [0, 0.1) is 12.8 Å². The molecular formula is C17H22N2O2. The number of ether oxygens (including phenoxy) is 1. The van der Waals surface area contributed by atoms with Crippen molar-refractivity contribution in [1.29, 1.82) is 0 Å². The van der Waals surface area contributed by atoms with E-state index in [2.05, 4.69) is 29.4 Å². The molecule has 2 N–H and O–H groups in total. The van der Waals surface area contributed by atoms with Crippen LogP contribution in [-0.2, 0) is 4.74 Å². The van der Waals surface area contributed by atoms with Crippen molar-refractivity contribution in [2.75, 3.05) is 25.1 Å². The van der Waals surface area contributed by atoms with Crippen LogP contribution in [0.2, 0.25) is 0 Å². The topological polar surface area (TPSA) is 54.4 Å². The van der Waals surface area contributed by atoms with Gasteiger partial charge in [-0.1, -0.05) is 11.6 Å². The van der Waals surface area contributed by atoms with Gasteiger partial charge in [0.25, 0.3) is 0 Å². The van der Waals surface area contributed by atoms with Crippen molar-refractivity contribution in [3.05, 3.63) is 36.0 Å². The fourth-order valence-electron chi connectivity index (χ4n) is 2.36. The highest BCUT2D eigenvalue weighted by molar-refractivity contribution is 5.91. The summed E-state index contributed by atoms with van der Waals surface area (Å²) in [5.41, 5.74) is 3.17. The Morgan fingerprint density at radius 3 is 3.05 bits per heavy atom. The molecule has 1 aliphatic carbocycles. The average molecular weight is 286 g/mol. The Kier molecular flexibility index (Phi) is 4.36. The quantitative estimate of drug-likeness (QED) is 0.822. The number of aromatic nitrogens is 1. The van der Waals surface area contributed by atoms with Crippen LogP contribution in [0.15, 0.2) is 30.5 Å². The highest BCUT2D eigenvalue weighted by Gasteiger charge is 2.21. The predicted molar refractivity (Wildman–Crippen MR) is 84.5 cm³/mol. The van der Waals surface area contributed by atoms with Gasteiger partial charge in [-0.2, -0.15) is 0 Å². The smallest absolute Gasteiger partial charge is 0.0945 e. The number of hydrogen-bond acceptors (Lipinski definition) is 4. The molecule has 3 rings (SSSR count). The highest BCUT2D eigenvalue weighted by atomic mass is 16.5. The summed E-state index contributed by atoms with van der Waals surface area (Å²) in [6, 6.07) is 8.13. The van der Waals surface area contributed by atoms with Gasteiger partial charge in [0.15, 0.2) is 0 Å². The molecule has 21 heavy (non-hydrogen) atoms. The third kappa shape index (κ3) is 3.93. The maximum absolute atomic E-state index is 9.97. The minimum atomic E-state index is -0.489. The molecule has 2 aromatic rings. The number of nitrogens with zero attached hydrogens (tertiary/aromatic N) is 1. The number of aliphatic hydroxyl groups is 1. The summed E-state index contributed by atoms with van der Waals surface area (Å²) < 4.78 is 5.51. The van der Waals surface area contributed by atoms with Crippen molar-refractivity contribution in [3.63, 3.8) is 0 Å². The van der Waals surface area contributed by atoms with Crippen LogP contribution in [0.4, 0.5) is 5.69 Å². The van der Waals surface area contributed by atoms with Crippen molar-refractivity contribution < 1.29 is 9.84 Å². The first-order valence-corrected chi connectivity index (χ1v) is 7.57. The molecule has 1 fully saturated rings. The molecule has 1 saturated carbocycles. The minimum absolute atomic E-state index is 0.394. The Hall–Kier alpha value is -1.65. The Morgan fingerprint density at radius 1 is 1.38 bits per heavy atom. The zero-order valence-electron chi connectivity index (χ0n) is 12.4. The SMILES string of the molecule is Cc1ccc2nccc(NCC(O)COCC3CC3)c2c1. The van der Waals surface area contributed by atoms with Gasteiger partial charge in [0.1, 0.15) is 0 Å². The second-order valence-electron chi connectivity index (χ2n) is 5.89. The molecule has 0 radical (unpaired) electrons. The summed E-state index contributed by atoms with van der Waals surface area (Å²) in [5.74, 6) is 0.734. The van der Waals surface area contributed by atoms with Crippen LogP contribution >= 0.6 is 0 Å². The maximum atomic E-state index is 9.97. The molecule has 1 aromatic carbocycles. The molecular weight excluding hydrogens is 264 g/mol. The molecule has 112 valence electrons. The minimum Gasteiger partial charge on any atom is -0.389 e. The van der Waals surface area contributed by atoms with E-state index >= 15 is 0 Å². The number of anilines is 1. The summed E-state index contributed by atoms with van der Waals surface area (Å²) in [6.45, 7) is 3.73. The fraction of sp³-hybridized carbons (Fsp3) is 0.471. The highest BCUT2D eigenvalue weighted by Crippen LogP contribution is 2.28. The number of aliphatic hydroxyl groups excluding tert-OH is 1. The summed E-state index contributed by atoms with van der Waals surface area (Å²) in [6.07, 6.45) is 3.85. The lowest BCUT2D eigenvalue weighted by atomic mass is 10.1. The average Bonchev–Trinajstić information content (AvgIpc) is 3.29. The molecule has 1 heterocycles. The summed E-state index contributed by atoms with van der Waals surface area (Å²) >= 11 is 0. The molecule has 0 bridgehead atoms. The van der Waals surface area contributed by atoms with Crippen LogP contribution in [0.3, 0.4) is 0 Å².